The first-order valence-corrected chi connectivity index (χ1v) is 20.7. The Balaban J connectivity index is 2.05. The van der Waals surface area contributed by atoms with E-state index in [1.54, 1.807) is 38.1 Å². The molecular weight excluding hydrogens is 843 g/mol. The van der Waals surface area contributed by atoms with Gasteiger partial charge in [0.25, 0.3) is 0 Å². The summed E-state index contributed by atoms with van der Waals surface area (Å²) >= 11 is 0. The maximum Gasteiger partial charge on any atom is 0.326 e. The van der Waals surface area contributed by atoms with Crippen LogP contribution < -0.4 is 54.4 Å². The number of nitrogens with zero attached hydrogens (tertiary/aromatic N) is 1. The molecule has 1 aromatic rings. The number of aliphatic hydroxyl groups excluding tert-OH is 1. The fourth-order valence-corrected chi connectivity index (χ4v) is 6.45. The van der Waals surface area contributed by atoms with Crippen molar-refractivity contribution < 1.29 is 63.0 Å². The Hall–Kier alpha value is -6.69. The van der Waals surface area contributed by atoms with E-state index in [1.165, 1.54) is 11.8 Å². The van der Waals surface area contributed by atoms with Crippen LogP contribution in [-0.2, 0) is 59.2 Å². The molecule has 0 unspecified atom stereocenters. The highest BCUT2D eigenvalue weighted by atomic mass is 16.4. The van der Waals surface area contributed by atoms with Gasteiger partial charge in [-0.15, -0.1) is 0 Å². The number of nitrogens with one attached hydrogen (secondary N) is 7. The molecule has 0 spiro atoms. The zero-order chi connectivity index (χ0) is 48.1. The van der Waals surface area contributed by atoms with Crippen molar-refractivity contribution in [3.63, 3.8) is 0 Å². The smallest absolute Gasteiger partial charge is 0.326 e. The van der Waals surface area contributed by atoms with Gasteiger partial charge in [-0.3, -0.25) is 47.9 Å². The van der Waals surface area contributed by atoms with Crippen molar-refractivity contribution in [2.75, 3.05) is 26.2 Å². The zero-order valence-corrected chi connectivity index (χ0v) is 36.1. The number of carboxylic acids is 1. The van der Waals surface area contributed by atoms with E-state index in [-0.39, 0.29) is 57.4 Å². The van der Waals surface area contributed by atoms with Gasteiger partial charge in [-0.1, -0.05) is 44.2 Å². The van der Waals surface area contributed by atoms with E-state index in [4.69, 9.17) is 17.2 Å². The van der Waals surface area contributed by atoms with Crippen molar-refractivity contribution in [1.29, 1.82) is 0 Å². The Kier molecular flexibility index (Phi) is 22.3. The van der Waals surface area contributed by atoms with Gasteiger partial charge < -0.3 is 69.5 Å². The van der Waals surface area contributed by atoms with Crippen LogP contribution in [0.15, 0.2) is 30.3 Å². The van der Waals surface area contributed by atoms with Gasteiger partial charge in [-0.2, -0.15) is 0 Å². The minimum atomic E-state index is -1.69. The number of carboxylic acid groups (broad SMARTS) is 1. The number of likely N-dealkylation sites (tertiary alicyclic amines) is 1. The summed E-state index contributed by atoms with van der Waals surface area (Å²) in [6.07, 6.45) is -0.463. The molecule has 0 saturated carbocycles. The summed E-state index contributed by atoms with van der Waals surface area (Å²) in [5.41, 5.74) is 17.2. The maximum atomic E-state index is 13.5. The molecule has 0 radical (unpaired) electrons. The highest BCUT2D eigenvalue weighted by molar-refractivity contribution is 5.97. The lowest BCUT2D eigenvalue weighted by Gasteiger charge is -2.28. The first-order valence-electron chi connectivity index (χ1n) is 20.7. The predicted molar refractivity (Wildman–Crippen MR) is 225 cm³/mol. The van der Waals surface area contributed by atoms with Crippen molar-refractivity contribution in [2.24, 2.45) is 23.1 Å². The van der Waals surface area contributed by atoms with Crippen molar-refractivity contribution >= 4 is 65.0 Å². The summed E-state index contributed by atoms with van der Waals surface area (Å²) < 4.78 is 0. The van der Waals surface area contributed by atoms with Crippen molar-refractivity contribution in [3.05, 3.63) is 35.9 Å². The molecule has 10 amide bonds. The molecule has 1 heterocycles. The number of amides is 10. The molecule has 2 rings (SSSR count). The summed E-state index contributed by atoms with van der Waals surface area (Å²) in [5, 5.41) is 35.9. The van der Waals surface area contributed by atoms with Crippen LogP contribution in [0.1, 0.15) is 71.3 Å². The fraction of sp³-hybridized carbons (Fsp3) is 0.575. The van der Waals surface area contributed by atoms with Gasteiger partial charge in [0, 0.05) is 19.4 Å². The van der Waals surface area contributed by atoms with Crippen LogP contribution in [0.3, 0.4) is 0 Å². The Morgan fingerprint density at radius 2 is 1.27 bits per heavy atom. The second-order valence-electron chi connectivity index (χ2n) is 15.7. The first kappa shape index (κ1) is 53.4. The van der Waals surface area contributed by atoms with E-state index < -0.39 is 127 Å². The molecule has 1 fully saturated rings. The lowest BCUT2D eigenvalue weighted by molar-refractivity contribution is -0.142. The SMILES string of the molecule is CC(C)C[C@H](NC(=O)[C@H](CO)NC(=O)[C@H](CCC(N)=O)NC(=O)[C@@H]1CCCN1C(=O)CNC(=O)[C@@H](N)Cc1ccccc1)C(=O)N[C@@H](C)C(=O)NCC(=O)N[C@@H](CCC(N)=O)C(=O)O. The van der Waals surface area contributed by atoms with E-state index in [2.05, 4.69) is 37.2 Å². The molecule has 0 aromatic heterocycles. The van der Waals surface area contributed by atoms with E-state index in [1.807, 2.05) is 6.07 Å². The standard InChI is InChI=1S/C40H61N11O13/c1-21(2)16-27(37(60)46-22(3)34(57)44-18-32(55)47-26(40(63)64)12-14-31(43)54)49-38(61)28(20-52)50-36(59)25(11-13-30(42)53)48-39(62)29-10-7-15-51(29)33(56)19-45-35(58)24(41)17-23-8-5-4-6-9-23/h4-6,8-9,21-22,24-29,52H,7,10-20,41H2,1-3H3,(H2,42,53)(H2,43,54)(H,44,57)(H,45,58)(H,46,60)(H,47,55)(H,48,62)(H,49,61)(H,50,59)(H,63,64)/t22-,24-,25-,26-,27-,28-,29-/m0/s1. The minimum absolute atomic E-state index is 0.0143. The second-order valence-corrected chi connectivity index (χ2v) is 15.7. The third-order valence-electron chi connectivity index (χ3n) is 9.88. The van der Waals surface area contributed by atoms with E-state index in [0.717, 1.165) is 5.56 Å². The molecule has 354 valence electrons. The third kappa shape index (κ3) is 18.7. The number of rotatable bonds is 27. The number of nitrogens with two attached hydrogens (primary N) is 3. The summed E-state index contributed by atoms with van der Waals surface area (Å²) in [7, 11) is 0. The maximum absolute atomic E-state index is 13.5. The number of hydrogen-bond donors (Lipinski definition) is 12. The number of hydrogen-bond acceptors (Lipinski definition) is 13. The third-order valence-corrected chi connectivity index (χ3v) is 9.88. The molecule has 15 N–H and O–H groups in total. The molecular formula is C40H61N11O13. The quantitative estimate of drug-likeness (QED) is 0.0393. The molecule has 1 aromatic carbocycles. The normalized spacial score (nSPS) is 16.1. The summed E-state index contributed by atoms with van der Waals surface area (Å²) in [4.78, 5) is 140. The lowest BCUT2D eigenvalue weighted by atomic mass is 10.0. The number of carbonyl (C=O) groups excluding carboxylic acids is 10. The number of aliphatic carboxylic acids is 1. The molecule has 24 heteroatoms. The molecule has 7 atom stereocenters. The Morgan fingerprint density at radius 3 is 1.84 bits per heavy atom. The van der Waals surface area contributed by atoms with Gasteiger partial charge in [0.15, 0.2) is 0 Å². The lowest BCUT2D eigenvalue weighted by Crippen LogP contribution is -2.60. The van der Waals surface area contributed by atoms with Crippen LogP contribution in [-0.4, -0.2) is 149 Å². The number of benzene rings is 1. The van der Waals surface area contributed by atoms with Crippen molar-refractivity contribution in [2.45, 2.75) is 114 Å². The van der Waals surface area contributed by atoms with Gasteiger partial charge in [-0.25, -0.2) is 4.79 Å². The molecule has 1 saturated heterocycles. The molecule has 0 bridgehead atoms. The Bertz CT molecular complexity index is 1850. The van der Waals surface area contributed by atoms with E-state index in [0.29, 0.717) is 6.42 Å². The topological polar surface area (TPSA) is 394 Å². The highest BCUT2D eigenvalue weighted by Gasteiger charge is 2.37. The summed E-state index contributed by atoms with van der Waals surface area (Å²) in [6.45, 7) is 2.76. The van der Waals surface area contributed by atoms with Crippen molar-refractivity contribution in [1.82, 2.24) is 42.1 Å². The molecule has 1 aliphatic heterocycles. The summed E-state index contributed by atoms with van der Waals surface area (Å²) in [5.74, 6) is -9.85. The molecule has 1 aliphatic rings. The number of primary amides is 2. The predicted octanol–water partition coefficient (Wildman–Crippen LogP) is -5.12. The molecule has 24 nitrogen and oxygen atoms in total. The van der Waals surface area contributed by atoms with Crippen LogP contribution in [0.25, 0.3) is 0 Å². The minimum Gasteiger partial charge on any atom is -0.480 e. The van der Waals surface area contributed by atoms with Crippen LogP contribution >= 0.6 is 0 Å². The van der Waals surface area contributed by atoms with Gasteiger partial charge in [-0.05, 0) is 56.9 Å². The zero-order valence-electron chi connectivity index (χ0n) is 36.1. The van der Waals surface area contributed by atoms with Gasteiger partial charge in [0.1, 0.15) is 36.3 Å². The average Bonchev–Trinajstić information content (AvgIpc) is 3.74. The van der Waals surface area contributed by atoms with E-state index in [9.17, 15) is 63.0 Å². The Labute approximate surface area is 369 Å². The van der Waals surface area contributed by atoms with Crippen LogP contribution in [0.4, 0.5) is 0 Å². The van der Waals surface area contributed by atoms with Gasteiger partial charge >= 0.3 is 5.97 Å². The van der Waals surface area contributed by atoms with Gasteiger partial charge in [0.05, 0.1) is 25.7 Å². The monoisotopic (exact) mass is 903 g/mol. The van der Waals surface area contributed by atoms with Crippen LogP contribution in [0, 0.1) is 5.92 Å². The largest absolute Gasteiger partial charge is 0.480 e. The van der Waals surface area contributed by atoms with Crippen LogP contribution in [0.5, 0.6) is 0 Å². The van der Waals surface area contributed by atoms with E-state index >= 15 is 0 Å². The second kappa shape index (κ2) is 26.7. The first-order chi connectivity index (χ1) is 30.1. The van der Waals surface area contributed by atoms with Crippen LogP contribution in [0.2, 0.25) is 0 Å². The Morgan fingerprint density at radius 1 is 0.703 bits per heavy atom. The molecule has 64 heavy (non-hydrogen) atoms. The van der Waals surface area contributed by atoms with Gasteiger partial charge in [0.2, 0.25) is 59.1 Å². The van der Waals surface area contributed by atoms with Crippen molar-refractivity contribution in [3.8, 4) is 0 Å². The average molecular weight is 904 g/mol. The number of aliphatic hydroxyl groups is 1. The number of carbonyl (C=O) groups is 11. The molecule has 0 aliphatic carbocycles. The highest BCUT2D eigenvalue weighted by Crippen LogP contribution is 2.18. The fourth-order valence-electron chi connectivity index (χ4n) is 6.45. The summed E-state index contributed by atoms with van der Waals surface area (Å²) in [6, 6.07) is -0.227.